The molecular formula is C60H37BN4. The molecule has 10 aromatic carbocycles. The Kier molecular flexibility index (Phi) is 7.00. The number of anilines is 2. The van der Waals surface area contributed by atoms with E-state index >= 15 is 0 Å². The molecule has 0 bridgehead atoms. The van der Waals surface area contributed by atoms with E-state index in [1.165, 1.54) is 110 Å². The second kappa shape index (κ2) is 13.0. The molecule has 0 amide bonds. The van der Waals surface area contributed by atoms with Crippen LogP contribution in [-0.2, 0) is 0 Å². The van der Waals surface area contributed by atoms with Crippen LogP contribution in [0.1, 0.15) is 0 Å². The minimum atomic E-state index is -0.0356. The maximum absolute atomic E-state index is 2.63. The predicted octanol–water partition coefficient (Wildman–Crippen LogP) is 13.9. The average Bonchev–Trinajstić information content (AvgIpc) is 4.02. The zero-order valence-corrected chi connectivity index (χ0v) is 35.2. The minimum absolute atomic E-state index is 0.0356. The Labute approximate surface area is 375 Å². The summed E-state index contributed by atoms with van der Waals surface area (Å²) in [4.78, 5) is 2.63. The summed E-state index contributed by atoms with van der Waals surface area (Å²) in [6, 6.07) is 83.5. The van der Waals surface area contributed by atoms with E-state index in [4.69, 9.17) is 0 Å². The molecule has 0 saturated carbocycles. The van der Waals surface area contributed by atoms with Crippen LogP contribution in [0.5, 0.6) is 0 Å². The van der Waals surface area contributed by atoms with Crippen molar-refractivity contribution in [2.24, 2.45) is 0 Å². The maximum Gasteiger partial charge on any atom is 0.329 e. The lowest BCUT2D eigenvalue weighted by molar-refractivity contribution is 1.17. The number of rotatable bonds is 3. The van der Waals surface area contributed by atoms with Gasteiger partial charge in [-0.15, -0.1) is 0 Å². The molecule has 3 aromatic heterocycles. The van der Waals surface area contributed by atoms with Gasteiger partial charge < -0.3 is 18.5 Å². The third-order valence-corrected chi connectivity index (χ3v) is 14.4. The SMILES string of the molecule is c1ccc2c(c1)B1c3ccc(-n4c5ccccc5c5ccccc54)cc3-c3cc(-n4c5ccccc5c5ccccc54)ccc3N1c1ccc(-n3c4ccccc4c4ccccc43)cc1-2. The molecule has 300 valence electrons. The van der Waals surface area contributed by atoms with Crippen molar-refractivity contribution >= 4 is 94.6 Å². The van der Waals surface area contributed by atoms with Crippen LogP contribution in [0.3, 0.4) is 0 Å². The molecule has 5 heteroatoms. The first kappa shape index (κ1) is 35.0. The molecule has 2 aliphatic rings. The molecule has 0 saturated heterocycles. The van der Waals surface area contributed by atoms with Crippen LogP contribution in [0.4, 0.5) is 11.4 Å². The molecule has 2 aliphatic heterocycles. The highest BCUT2D eigenvalue weighted by atomic mass is 15.1. The van der Waals surface area contributed by atoms with Gasteiger partial charge in [0.25, 0.3) is 0 Å². The Morgan fingerprint density at radius 2 is 0.554 bits per heavy atom. The molecule has 13 aromatic rings. The molecule has 0 spiro atoms. The lowest BCUT2D eigenvalue weighted by atomic mass is 9.43. The highest BCUT2D eigenvalue weighted by Gasteiger charge is 2.42. The predicted molar refractivity (Wildman–Crippen MR) is 274 cm³/mol. The van der Waals surface area contributed by atoms with Gasteiger partial charge in [0, 0.05) is 71.9 Å². The van der Waals surface area contributed by atoms with E-state index in [0.29, 0.717) is 0 Å². The summed E-state index contributed by atoms with van der Waals surface area (Å²) in [5.41, 5.74) is 20.7. The fourth-order valence-corrected chi connectivity index (χ4v) is 11.8. The zero-order chi connectivity index (χ0) is 42.3. The van der Waals surface area contributed by atoms with Crippen LogP contribution in [-0.4, -0.2) is 20.5 Å². The van der Waals surface area contributed by atoms with E-state index in [1.54, 1.807) is 0 Å². The van der Waals surface area contributed by atoms with Crippen molar-refractivity contribution in [3.05, 3.63) is 224 Å². The summed E-state index contributed by atoms with van der Waals surface area (Å²) in [7, 11) is 0. The Balaban J connectivity index is 1.00. The second-order valence-electron chi connectivity index (χ2n) is 17.6. The number of hydrogen-bond acceptors (Lipinski definition) is 1. The number of hydrogen-bond donors (Lipinski definition) is 0. The first-order chi connectivity index (χ1) is 32.3. The van der Waals surface area contributed by atoms with Gasteiger partial charge in [0.1, 0.15) is 0 Å². The third kappa shape index (κ3) is 4.71. The quantitative estimate of drug-likeness (QED) is 0.162. The monoisotopic (exact) mass is 824 g/mol. The van der Waals surface area contributed by atoms with Gasteiger partial charge >= 0.3 is 6.85 Å². The lowest BCUT2D eigenvalue weighted by Gasteiger charge is -2.43. The summed E-state index contributed by atoms with van der Waals surface area (Å²) in [5, 5.41) is 7.58. The molecule has 5 heterocycles. The first-order valence-corrected chi connectivity index (χ1v) is 22.6. The van der Waals surface area contributed by atoms with E-state index in [1.807, 2.05) is 0 Å². The zero-order valence-electron chi connectivity index (χ0n) is 35.2. The van der Waals surface area contributed by atoms with Gasteiger partial charge in [-0.05, 0) is 107 Å². The lowest BCUT2D eigenvalue weighted by Crippen LogP contribution is -2.59. The molecule has 4 nitrogen and oxygen atoms in total. The van der Waals surface area contributed by atoms with Crippen LogP contribution in [0, 0.1) is 0 Å². The normalized spacial score (nSPS) is 12.9. The van der Waals surface area contributed by atoms with Crippen molar-refractivity contribution in [1.29, 1.82) is 0 Å². The van der Waals surface area contributed by atoms with Gasteiger partial charge in [0.2, 0.25) is 0 Å². The topological polar surface area (TPSA) is 18.0 Å². The first-order valence-electron chi connectivity index (χ1n) is 22.6. The van der Waals surface area contributed by atoms with Crippen molar-refractivity contribution in [2.75, 3.05) is 4.81 Å². The fourth-order valence-electron chi connectivity index (χ4n) is 11.8. The van der Waals surface area contributed by atoms with Crippen molar-refractivity contribution in [3.63, 3.8) is 0 Å². The largest absolute Gasteiger partial charge is 0.376 e. The van der Waals surface area contributed by atoms with E-state index < -0.39 is 0 Å². The molecule has 0 aliphatic carbocycles. The number of fused-ring (bicyclic) bond motifs is 20. The van der Waals surface area contributed by atoms with Gasteiger partial charge in [-0.3, -0.25) is 0 Å². The molecule has 0 N–H and O–H groups in total. The standard InChI is InChI=1S/C60H37BN4/c1-8-22-51-41(15-1)49-36-39(63-55-25-11-4-18-44(55)45-19-5-12-26-56(45)63)30-33-59(49)65-60-34-31-40(64-57-27-13-6-20-46(57)47-21-7-14-28-58(47)64)37-50(60)48-35-38(29-32-52(48)61(51)65)62-53-23-9-2-16-42(53)43-17-3-10-24-54(43)62/h1-37H. The van der Waals surface area contributed by atoms with Crippen LogP contribution in [0.2, 0.25) is 0 Å². The number of nitrogens with zero attached hydrogens (tertiary/aromatic N) is 4. The van der Waals surface area contributed by atoms with Gasteiger partial charge in [0.05, 0.1) is 33.1 Å². The van der Waals surface area contributed by atoms with Crippen molar-refractivity contribution < 1.29 is 0 Å². The molecule has 0 atom stereocenters. The van der Waals surface area contributed by atoms with Gasteiger partial charge in [-0.1, -0.05) is 140 Å². The highest BCUT2D eigenvalue weighted by molar-refractivity contribution is 6.92. The number of para-hydroxylation sites is 6. The summed E-state index contributed by atoms with van der Waals surface area (Å²) in [6.45, 7) is -0.0356. The number of benzene rings is 10. The average molecular weight is 825 g/mol. The smallest absolute Gasteiger partial charge is 0.329 e. The Hall–Kier alpha value is -8.54. The molecule has 65 heavy (non-hydrogen) atoms. The Morgan fingerprint density at radius 3 is 0.969 bits per heavy atom. The van der Waals surface area contributed by atoms with E-state index in [0.717, 1.165) is 17.1 Å². The van der Waals surface area contributed by atoms with Crippen LogP contribution < -0.4 is 15.7 Å². The van der Waals surface area contributed by atoms with E-state index in [9.17, 15) is 0 Å². The fraction of sp³-hybridized carbons (Fsp3) is 0. The van der Waals surface area contributed by atoms with Crippen molar-refractivity contribution in [1.82, 2.24) is 13.7 Å². The summed E-state index contributed by atoms with van der Waals surface area (Å²) in [5.74, 6) is 0. The molecule has 0 fully saturated rings. The molecule has 0 unspecified atom stereocenters. The van der Waals surface area contributed by atoms with E-state index in [2.05, 4.69) is 243 Å². The summed E-state index contributed by atoms with van der Waals surface area (Å²) >= 11 is 0. The van der Waals surface area contributed by atoms with Crippen molar-refractivity contribution in [2.45, 2.75) is 0 Å². The Morgan fingerprint density at radius 1 is 0.246 bits per heavy atom. The summed E-state index contributed by atoms with van der Waals surface area (Å²) < 4.78 is 7.34. The van der Waals surface area contributed by atoms with Gasteiger partial charge in [-0.25, -0.2) is 0 Å². The molecule has 15 rings (SSSR count). The summed E-state index contributed by atoms with van der Waals surface area (Å²) in [6.07, 6.45) is 0. The Bertz CT molecular complexity index is 4010. The third-order valence-electron chi connectivity index (χ3n) is 14.4. The maximum atomic E-state index is 2.63. The van der Waals surface area contributed by atoms with Gasteiger partial charge in [0.15, 0.2) is 0 Å². The number of aromatic nitrogens is 3. The van der Waals surface area contributed by atoms with Crippen LogP contribution in [0.15, 0.2) is 224 Å². The van der Waals surface area contributed by atoms with Crippen molar-refractivity contribution in [3.8, 4) is 39.3 Å². The van der Waals surface area contributed by atoms with Gasteiger partial charge in [-0.2, -0.15) is 0 Å². The molecule has 0 radical (unpaired) electrons. The minimum Gasteiger partial charge on any atom is -0.376 e. The van der Waals surface area contributed by atoms with E-state index in [-0.39, 0.29) is 6.85 Å². The highest BCUT2D eigenvalue weighted by Crippen LogP contribution is 2.49. The molecular weight excluding hydrogens is 787 g/mol. The second-order valence-corrected chi connectivity index (χ2v) is 17.6. The van der Waals surface area contributed by atoms with Crippen LogP contribution in [0.25, 0.3) is 105 Å². The van der Waals surface area contributed by atoms with Crippen LogP contribution >= 0.6 is 0 Å².